The second-order valence-electron chi connectivity index (χ2n) is 2.67. The first-order chi connectivity index (χ1) is 6.06. The fraction of sp³-hybridized carbons (Fsp3) is 0.250. The van der Waals surface area contributed by atoms with Crippen molar-refractivity contribution in [3.63, 3.8) is 0 Å². The van der Waals surface area contributed by atoms with Gasteiger partial charge in [0.1, 0.15) is 0 Å². The molecule has 1 aromatic rings. The van der Waals surface area contributed by atoms with E-state index in [1.54, 1.807) is 0 Å². The van der Waals surface area contributed by atoms with Gasteiger partial charge in [-0.1, -0.05) is 11.6 Å². The van der Waals surface area contributed by atoms with E-state index < -0.39 is 17.6 Å². The molecule has 13 heavy (non-hydrogen) atoms. The second-order valence-corrected chi connectivity index (χ2v) is 3.10. The first kappa shape index (κ1) is 10.2. The monoisotopic (exact) mass is 204 g/mol. The molecule has 1 atom stereocenters. The molecule has 72 valence electrons. The third-order valence-corrected chi connectivity index (χ3v) is 1.93. The molecule has 1 rings (SSSR count). The van der Waals surface area contributed by atoms with E-state index in [1.165, 1.54) is 6.07 Å². The Labute approximate surface area is 80.1 Å². The Kier molecular flexibility index (Phi) is 3.08. The number of rotatable bonds is 2. The Morgan fingerprint density at radius 3 is 2.69 bits per heavy atom. The summed E-state index contributed by atoms with van der Waals surface area (Å²) in [5, 5.41) is 9.44. The summed E-state index contributed by atoms with van der Waals surface area (Å²) in [6.45, 7) is 0.118. The quantitative estimate of drug-likeness (QED) is 0.677. The van der Waals surface area contributed by atoms with Gasteiger partial charge in [-0.3, -0.25) is 0 Å². The van der Waals surface area contributed by atoms with E-state index in [0.717, 1.165) is 6.07 Å². The summed E-state index contributed by atoms with van der Waals surface area (Å²) in [5.41, 5.74) is 11.0. The highest BCUT2D eigenvalue weighted by atomic mass is 35.5. The minimum Gasteiger partial charge on any atom is -0.505 e. The van der Waals surface area contributed by atoms with Crippen LogP contribution in [0.2, 0.25) is 5.02 Å². The minimum absolute atomic E-state index is 0.118. The van der Waals surface area contributed by atoms with Gasteiger partial charge in [-0.2, -0.15) is 0 Å². The average Bonchev–Trinajstić information content (AvgIpc) is 2.10. The molecule has 0 saturated heterocycles. The standard InChI is InChI=1S/C8H10ClFN2O/c9-4-1-5(7(12)3-11)8(13)6(10)2-4/h1-2,7,13H,3,11-12H2/t7-/m0/s1. The van der Waals surface area contributed by atoms with Crippen LogP contribution in [0.25, 0.3) is 0 Å². The molecule has 0 bridgehead atoms. The third-order valence-electron chi connectivity index (χ3n) is 1.71. The van der Waals surface area contributed by atoms with E-state index in [1.807, 2.05) is 0 Å². The van der Waals surface area contributed by atoms with Crippen molar-refractivity contribution in [3.8, 4) is 5.75 Å². The predicted molar refractivity (Wildman–Crippen MR) is 49.1 cm³/mol. The Bertz CT molecular complexity index is 319. The lowest BCUT2D eigenvalue weighted by molar-refractivity contribution is 0.421. The molecule has 0 aliphatic carbocycles. The highest BCUT2D eigenvalue weighted by Crippen LogP contribution is 2.28. The Hall–Kier alpha value is -0.840. The topological polar surface area (TPSA) is 72.3 Å². The summed E-state index contributed by atoms with van der Waals surface area (Å²) in [6.07, 6.45) is 0. The molecule has 0 aliphatic heterocycles. The zero-order valence-electron chi connectivity index (χ0n) is 6.80. The van der Waals surface area contributed by atoms with Crippen molar-refractivity contribution < 1.29 is 9.50 Å². The normalized spacial score (nSPS) is 12.9. The number of phenols is 1. The molecule has 0 amide bonds. The van der Waals surface area contributed by atoms with Crippen LogP contribution in [-0.4, -0.2) is 11.7 Å². The minimum atomic E-state index is -0.786. The molecule has 0 heterocycles. The molecule has 3 nitrogen and oxygen atoms in total. The van der Waals surface area contributed by atoms with Crippen LogP contribution in [0.1, 0.15) is 11.6 Å². The van der Waals surface area contributed by atoms with Crippen LogP contribution in [0.5, 0.6) is 5.75 Å². The molecule has 0 fully saturated rings. The van der Waals surface area contributed by atoms with Gasteiger partial charge < -0.3 is 16.6 Å². The maximum absolute atomic E-state index is 12.9. The average molecular weight is 205 g/mol. The first-order valence-electron chi connectivity index (χ1n) is 3.69. The number of hydrogen-bond donors (Lipinski definition) is 3. The molecule has 0 aromatic heterocycles. The molecule has 1 aromatic carbocycles. The number of aromatic hydroxyl groups is 1. The van der Waals surface area contributed by atoms with Gasteiger partial charge in [0.2, 0.25) is 0 Å². The molecular formula is C8H10ClFN2O. The molecule has 0 radical (unpaired) electrons. The molecule has 5 heteroatoms. The van der Waals surface area contributed by atoms with E-state index in [-0.39, 0.29) is 17.1 Å². The van der Waals surface area contributed by atoms with Crippen molar-refractivity contribution in [2.24, 2.45) is 11.5 Å². The number of phenolic OH excluding ortho intramolecular Hbond substituents is 1. The van der Waals surface area contributed by atoms with Crippen LogP contribution < -0.4 is 11.5 Å². The maximum Gasteiger partial charge on any atom is 0.166 e. The van der Waals surface area contributed by atoms with E-state index in [4.69, 9.17) is 23.1 Å². The smallest absolute Gasteiger partial charge is 0.166 e. The van der Waals surface area contributed by atoms with Gasteiger partial charge in [-0.25, -0.2) is 4.39 Å². The van der Waals surface area contributed by atoms with Gasteiger partial charge in [0.25, 0.3) is 0 Å². The lowest BCUT2D eigenvalue weighted by atomic mass is 10.1. The van der Waals surface area contributed by atoms with Crippen LogP contribution >= 0.6 is 11.6 Å². The predicted octanol–water partition coefficient (Wildman–Crippen LogP) is 1.14. The van der Waals surface area contributed by atoms with Crippen LogP contribution in [0.4, 0.5) is 4.39 Å². The van der Waals surface area contributed by atoms with Crippen molar-refractivity contribution >= 4 is 11.6 Å². The molecule has 0 aliphatic rings. The van der Waals surface area contributed by atoms with E-state index in [2.05, 4.69) is 0 Å². The Morgan fingerprint density at radius 1 is 1.54 bits per heavy atom. The zero-order chi connectivity index (χ0) is 10.0. The first-order valence-corrected chi connectivity index (χ1v) is 4.07. The van der Waals surface area contributed by atoms with Crippen molar-refractivity contribution in [1.82, 2.24) is 0 Å². The fourth-order valence-electron chi connectivity index (χ4n) is 0.996. The van der Waals surface area contributed by atoms with Gasteiger partial charge in [-0.15, -0.1) is 0 Å². The summed E-state index contributed by atoms with van der Waals surface area (Å²) in [5.74, 6) is -1.27. The van der Waals surface area contributed by atoms with Gasteiger partial charge in [0.15, 0.2) is 11.6 Å². The van der Waals surface area contributed by atoms with Gasteiger partial charge >= 0.3 is 0 Å². The molecule has 5 N–H and O–H groups in total. The number of nitrogens with two attached hydrogens (primary N) is 2. The van der Waals surface area contributed by atoms with E-state index in [0.29, 0.717) is 0 Å². The number of benzene rings is 1. The molecule has 0 unspecified atom stereocenters. The molecule has 0 spiro atoms. The third kappa shape index (κ3) is 2.09. The molecule has 0 saturated carbocycles. The summed E-state index contributed by atoms with van der Waals surface area (Å²) in [4.78, 5) is 0. The van der Waals surface area contributed by atoms with Crippen LogP contribution in [0.3, 0.4) is 0 Å². The Balaban J connectivity index is 3.20. The number of halogens is 2. The second kappa shape index (κ2) is 3.91. The largest absolute Gasteiger partial charge is 0.505 e. The van der Waals surface area contributed by atoms with Crippen LogP contribution in [0.15, 0.2) is 12.1 Å². The summed E-state index contributed by atoms with van der Waals surface area (Å²) in [7, 11) is 0. The van der Waals surface area contributed by atoms with Crippen molar-refractivity contribution in [2.75, 3.05) is 6.54 Å². The lowest BCUT2D eigenvalue weighted by Gasteiger charge is -2.11. The van der Waals surface area contributed by atoms with E-state index in [9.17, 15) is 9.50 Å². The van der Waals surface area contributed by atoms with Crippen molar-refractivity contribution in [3.05, 3.63) is 28.5 Å². The van der Waals surface area contributed by atoms with Gasteiger partial charge in [-0.05, 0) is 12.1 Å². The highest BCUT2D eigenvalue weighted by molar-refractivity contribution is 6.30. The van der Waals surface area contributed by atoms with Crippen LogP contribution in [0, 0.1) is 5.82 Å². The summed E-state index contributed by atoms with van der Waals surface area (Å²) < 4.78 is 12.9. The van der Waals surface area contributed by atoms with Crippen molar-refractivity contribution in [2.45, 2.75) is 6.04 Å². The lowest BCUT2D eigenvalue weighted by Crippen LogP contribution is -2.21. The van der Waals surface area contributed by atoms with E-state index >= 15 is 0 Å². The van der Waals surface area contributed by atoms with Gasteiger partial charge in [0, 0.05) is 23.2 Å². The Morgan fingerprint density at radius 2 is 2.15 bits per heavy atom. The molecular weight excluding hydrogens is 195 g/mol. The van der Waals surface area contributed by atoms with Crippen molar-refractivity contribution in [1.29, 1.82) is 0 Å². The fourth-order valence-corrected chi connectivity index (χ4v) is 1.21. The number of hydrogen-bond acceptors (Lipinski definition) is 3. The zero-order valence-corrected chi connectivity index (χ0v) is 7.55. The van der Waals surface area contributed by atoms with Gasteiger partial charge in [0.05, 0.1) is 0 Å². The maximum atomic E-state index is 12.9. The SMILES string of the molecule is NC[C@H](N)c1cc(Cl)cc(F)c1O. The van der Waals surface area contributed by atoms with Crippen LogP contribution in [-0.2, 0) is 0 Å². The highest BCUT2D eigenvalue weighted by Gasteiger charge is 2.14. The summed E-state index contributed by atoms with van der Waals surface area (Å²) >= 11 is 5.58. The summed E-state index contributed by atoms with van der Waals surface area (Å²) in [6, 6.07) is 1.81.